The molecule has 0 aliphatic heterocycles. The summed E-state index contributed by atoms with van der Waals surface area (Å²) in [5, 5.41) is 10.6. The van der Waals surface area contributed by atoms with Crippen molar-refractivity contribution in [2.75, 3.05) is 11.2 Å². The van der Waals surface area contributed by atoms with Crippen molar-refractivity contribution in [1.29, 1.82) is 0 Å². The monoisotopic (exact) mass is 291 g/mol. The number of nitrogens with one attached hydrogen (secondary N) is 1. The number of nitrogens with zero attached hydrogens (tertiary/aromatic N) is 3. The fraction of sp³-hybridized carbons (Fsp3) is 0.308. The van der Waals surface area contributed by atoms with Crippen LogP contribution in [-0.2, 0) is 4.79 Å². The standard InChI is InChI=1S/C13H17N5OS/c1-8-4-5-11(9(2)6-8)16-12(19)10(3)20-13-17-15-7-18(13)14/h4-7,10H,14H2,1-3H3,(H,16,19). The lowest BCUT2D eigenvalue weighted by atomic mass is 10.1. The molecule has 0 aliphatic rings. The van der Waals surface area contributed by atoms with E-state index in [1.807, 2.05) is 32.0 Å². The highest BCUT2D eigenvalue weighted by Gasteiger charge is 2.18. The topological polar surface area (TPSA) is 85.8 Å². The van der Waals surface area contributed by atoms with Gasteiger partial charge in [0.15, 0.2) is 0 Å². The van der Waals surface area contributed by atoms with Gasteiger partial charge >= 0.3 is 0 Å². The Balaban J connectivity index is 2.02. The lowest BCUT2D eigenvalue weighted by Gasteiger charge is -2.13. The second-order valence-electron chi connectivity index (χ2n) is 4.59. The Kier molecular flexibility index (Phi) is 4.29. The maximum Gasteiger partial charge on any atom is 0.237 e. The lowest BCUT2D eigenvalue weighted by Crippen LogP contribution is -2.23. The summed E-state index contributed by atoms with van der Waals surface area (Å²) in [6, 6.07) is 5.91. The number of rotatable bonds is 4. The number of nitrogen functional groups attached to an aromatic ring is 1. The Morgan fingerprint density at radius 1 is 1.45 bits per heavy atom. The highest BCUT2D eigenvalue weighted by Crippen LogP contribution is 2.22. The van der Waals surface area contributed by atoms with Crippen LogP contribution in [0.3, 0.4) is 0 Å². The van der Waals surface area contributed by atoms with Gasteiger partial charge in [-0.2, -0.15) is 0 Å². The molecule has 1 unspecified atom stereocenters. The van der Waals surface area contributed by atoms with Gasteiger partial charge < -0.3 is 11.2 Å². The van der Waals surface area contributed by atoms with Gasteiger partial charge in [0.1, 0.15) is 6.33 Å². The molecule has 1 atom stereocenters. The van der Waals surface area contributed by atoms with Crippen molar-refractivity contribution >= 4 is 23.4 Å². The number of hydrogen-bond acceptors (Lipinski definition) is 5. The van der Waals surface area contributed by atoms with E-state index in [4.69, 9.17) is 5.84 Å². The van der Waals surface area contributed by atoms with Crippen molar-refractivity contribution in [3.05, 3.63) is 35.7 Å². The van der Waals surface area contributed by atoms with Crippen LogP contribution >= 0.6 is 11.8 Å². The van der Waals surface area contributed by atoms with E-state index in [2.05, 4.69) is 15.5 Å². The summed E-state index contributed by atoms with van der Waals surface area (Å²) in [4.78, 5) is 12.2. The Labute approximate surface area is 121 Å². The molecule has 3 N–H and O–H groups in total. The molecule has 20 heavy (non-hydrogen) atoms. The molecule has 0 bridgehead atoms. The Morgan fingerprint density at radius 2 is 2.20 bits per heavy atom. The van der Waals surface area contributed by atoms with Crippen LogP contribution in [0.4, 0.5) is 5.69 Å². The van der Waals surface area contributed by atoms with E-state index in [0.717, 1.165) is 11.3 Å². The minimum Gasteiger partial charge on any atom is -0.336 e. The molecule has 106 valence electrons. The highest BCUT2D eigenvalue weighted by atomic mass is 32.2. The summed E-state index contributed by atoms with van der Waals surface area (Å²) < 4.78 is 1.30. The van der Waals surface area contributed by atoms with Crippen molar-refractivity contribution in [2.45, 2.75) is 31.2 Å². The first-order chi connectivity index (χ1) is 9.47. The number of aryl methyl sites for hydroxylation is 2. The van der Waals surface area contributed by atoms with Crippen LogP contribution in [0.2, 0.25) is 0 Å². The van der Waals surface area contributed by atoms with Crippen LogP contribution in [0.5, 0.6) is 0 Å². The average molecular weight is 291 g/mol. The van der Waals surface area contributed by atoms with Crippen molar-refractivity contribution in [1.82, 2.24) is 14.9 Å². The van der Waals surface area contributed by atoms with Crippen LogP contribution in [0.15, 0.2) is 29.7 Å². The minimum atomic E-state index is -0.317. The smallest absolute Gasteiger partial charge is 0.237 e. The zero-order valence-electron chi connectivity index (χ0n) is 11.6. The highest BCUT2D eigenvalue weighted by molar-refractivity contribution is 8.00. The summed E-state index contributed by atoms with van der Waals surface area (Å²) in [6.45, 7) is 5.79. The van der Waals surface area contributed by atoms with Crippen LogP contribution in [-0.4, -0.2) is 26.0 Å². The molecule has 1 amide bonds. The zero-order chi connectivity index (χ0) is 14.7. The molecular weight excluding hydrogens is 274 g/mol. The van der Waals surface area contributed by atoms with Gasteiger partial charge in [0.2, 0.25) is 11.1 Å². The molecule has 6 nitrogen and oxygen atoms in total. The molecule has 0 saturated carbocycles. The van der Waals surface area contributed by atoms with Gasteiger partial charge in [0, 0.05) is 5.69 Å². The van der Waals surface area contributed by atoms with Crippen molar-refractivity contribution in [3.63, 3.8) is 0 Å². The van der Waals surface area contributed by atoms with Crippen LogP contribution < -0.4 is 11.2 Å². The number of aromatic nitrogens is 3. The van der Waals surface area contributed by atoms with Crippen molar-refractivity contribution in [2.24, 2.45) is 0 Å². The fourth-order valence-corrected chi connectivity index (χ4v) is 2.46. The lowest BCUT2D eigenvalue weighted by molar-refractivity contribution is -0.115. The van der Waals surface area contributed by atoms with E-state index in [1.54, 1.807) is 6.92 Å². The van der Waals surface area contributed by atoms with Crippen molar-refractivity contribution < 1.29 is 4.79 Å². The van der Waals surface area contributed by atoms with E-state index < -0.39 is 0 Å². The van der Waals surface area contributed by atoms with E-state index in [-0.39, 0.29) is 11.2 Å². The molecule has 0 aliphatic carbocycles. The van der Waals surface area contributed by atoms with Gasteiger partial charge in [-0.05, 0) is 32.4 Å². The maximum absolute atomic E-state index is 12.2. The third-order valence-electron chi connectivity index (χ3n) is 2.83. The van der Waals surface area contributed by atoms with Gasteiger partial charge in [-0.25, -0.2) is 4.68 Å². The first-order valence-corrected chi connectivity index (χ1v) is 7.05. The van der Waals surface area contributed by atoms with E-state index in [0.29, 0.717) is 5.16 Å². The third kappa shape index (κ3) is 3.30. The number of hydrogen-bond donors (Lipinski definition) is 2. The minimum absolute atomic E-state index is 0.0926. The van der Waals surface area contributed by atoms with Crippen molar-refractivity contribution in [3.8, 4) is 0 Å². The quantitative estimate of drug-likeness (QED) is 0.662. The largest absolute Gasteiger partial charge is 0.336 e. The molecule has 0 radical (unpaired) electrons. The molecule has 1 aromatic carbocycles. The number of carbonyl (C=O) groups is 1. The first kappa shape index (κ1) is 14.4. The predicted molar refractivity (Wildman–Crippen MR) is 80.0 cm³/mol. The Bertz CT molecular complexity index is 625. The summed E-state index contributed by atoms with van der Waals surface area (Å²) in [5.41, 5.74) is 3.03. The van der Waals surface area contributed by atoms with Gasteiger partial charge in [-0.3, -0.25) is 4.79 Å². The molecule has 7 heteroatoms. The maximum atomic E-state index is 12.2. The van der Waals surface area contributed by atoms with E-state index in [9.17, 15) is 4.79 Å². The van der Waals surface area contributed by atoms with Crippen LogP contribution in [0.1, 0.15) is 18.1 Å². The van der Waals surface area contributed by atoms with Gasteiger partial charge in [-0.15, -0.1) is 10.2 Å². The molecule has 1 aromatic heterocycles. The normalized spacial score (nSPS) is 12.2. The molecule has 1 heterocycles. The van der Waals surface area contributed by atoms with Crippen LogP contribution in [0, 0.1) is 13.8 Å². The Morgan fingerprint density at radius 3 is 2.80 bits per heavy atom. The summed E-state index contributed by atoms with van der Waals surface area (Å²) in [7, 11) is 0. The second-order valence-corrected chi connectivity index (χ2v) is 5.90. The SMILES string of the molecule is Cc1ccc(NC(=O)C(C)Sc2nncn2N)c(C)c1. The number of amides is 1. The number of anilines is 1. The van der Waals surface area contributed by atoms with E-state index in [1.165, 1.54) is 28.3 Å². The summed E-state index contributed by atoms with van der Waals surface area (Å²) in [6.07, 6.45) is 1.40. The molecule has 0 fully saturated rings. The zero-order valence-corrected chi connectivity index (χ0v) is 12.4. The molecule has 0 saturated heterocycles. The van der Waals surface area contributed by atoms with Gasteiger partial charge in [0.25, 0.3) is 0 Å². The van der Waals surface area contributed by atoms with Crippen LogP contribution in [0.25, 0.3) is 0 Å². The predicted octanol–water partition coefficient (Wildman–Crippen LogP) is 1.73. The third-order valence-corrected chi connectivity index (χ3v) is 3.90. The summed E-state index contributed by atoms with van der Waals surface area (Å²) in [5.74, 6) is 5.53. The molecule has 0 spiro atoms. The van der Waals surface area contributed by atoms with E-state index >= 15 is 0 Å². The molecular formula is C13H17N5OS. The Hall–Kier alpha value is -2.02. The number of thioether (sulfide) groups is 1. The fourth-order valence-electron chi connectivity index (χ4n) is 1.72. The van der Waals surface area contributed by atoms with Gasteiger partial charge in [-0.1, -0.05) is 29.5 Å². The summed E-state index contributed by atoms with van der Waals surface area (Å²) >= 11 is 1.27. The number of nitrogens with two attached hydrogens (primary N) is 1. The number of benzene rings is 1. The van der Waals surface area contributed by atoms with Gasteiger partial charge in [0.05, 0.1) is 5.25 Å². The first-order valence-electron chi connectivity index (χ1n) is 6.17. The number of carbonyl (C=O) groups excluding carboxylic acids is 1. The molecule has 2 aromatic rings. The molecule has 2 rings (SSSR count). The average Bonchev–Trinajstić information content (AvgIpc) is 2.78. The second kappa shape index (κ2) is 5.96.